The quantitative estimate of drug-likeness (QED) is 0.687. The van der Waals surface area contributed by atoms with E-state index < -0.39 is 12.0 Å². The van der Waals surface area contributed by atoms with Gasteiger partial charge in [0.1, 0.15) is 0 Å². The third-order valence-corrected chi connectivity index (χ3v) is 5.54. The highest BCUT2D eigenvalue weighted by Gasteiger charge is 2.36. The minimum Gasteiger partial charge on any atom is -0.388 e. The molecule has 0 saturated heterocycles. The van der Waals surface area contributed by atoms with Crippen LogP contribution >= 0.6 is 15.9 Å². The molecule has 0 amide bonds. The lowest BCUT2D eigenvalue weighted by atomic mass is 9.93. The number of carbonyl (C=O) groups excluding carboxylic acids is 1. The zero-order valence-electron chi connectivity index (χ0n) is 13.5. The molecule has 1 aliphatic heterocycles. The van der Waals surface area contributed by atoms with E-state index in [1.807, 2.05) is 65.6 Å². The number of ketones is 1. The van der Waals surface area contributed by atoms with Gasteiger partial charge in [-0.3, -0.25) is 4.79 Å². The first-order valence-corrected chi connectivity index (χ1v) is 9.02. The van der Waals surface area contributed by atoms with Gasteiger partial charge in [0.05, 0.1) is 17.7 Å². The lowest BCUT2D eigenvalue weighted by Crippen LogP contribution is -2.33. The molecule has 3 heterocycles. The third kappa shape index (κ3) is 3.05. The molecule has 1 aliphatic rings. The van der Waals surface area contributed by atoms with E-state index in [4.69, 9.17) is 0 Å². The fourth-order valence-electron chi connectivity index (χ4n) is 3.35. The minimum absolute atomic E-state index is 0.0162. The summed E-state index contributed by atoms with van der Waals surface area (Å²) in [6.07, 6.45) is 4.98. The van der Waals surface area contributed by atoms with Gasteiger partial charge in [0.25, 0.3) is 0 Å². The maximum absolute atomic E-state index is 12.4. The number of fused-ring (bicyclic) bond motifs is 1. The molecule has 126 valence electrons. The second-order valence-electron chi connectivity index (χ2n) is 6.36. The molecule has 1 N–H and O–H groups in total. The van der Waals surface area contributed by atoms with Gasteiger partial charge in [-0.15, -0.1) is 0 Å². The van der Waals surface area contributed by atoms with E-state index in [1.165, 1.54) is 5.56 Å². The van der Waals surface area contributed by atoms with Crippen molar-refractivity contribution in [3.8, 4) is 0 Å². The van der Waals surface area contributed by atoms with Crippen molar-refractivity contribution in [1.29, 1.82) is 0 Å². The zero-order chi connectivity index (χ0) is 17.4. The minimum atomic E-state index is -0.787. The Hall–Kier alpha value is -2.24. The number of rotatable bonds is 4. The van der Waals surface area contributed by atoms with E-state index in [0.29, 0.717) is 12.2 Å². The number of pyridine rings is 1. The SMILES string of the molecule is O=C1c2cccn2C[C@H]1[C@H](O)c1cc[n+](Cc2ccccc2Br)cc1. The summed E-state index contributed by atoms with van der Waals surface area (Å²) in [6.45, 7) is 1.28. The molecular formula is C20H18BrN2O2+. The predicted molar refractivity (Wildman–Crippen MR) is 97.1 cm³/mol. The number of Topliss-reactive ketones (excluding diaryl/α,β-unsaturated/α-hetero) is 1. The lowest BCUT2D eigenvalue weighted by molar-refractivity contribution is -0.688. The Bertz CT molecular complexity index is 917. The van der Waals surface area contributed by atoms with Gasteiger partial charge in [0.2, 0.25) is 0 Å². The van der Waals surface area contributed by atoms with Gasteiger partial charge in [-0.05, 0) is 23.8 Å². The Morgan fingerprint density at radius 2 is 1.92 bits per heavy atom. The van der Waals surface area contributed by atoms with Gasteiger partial charge in [-0.2, -0.15) is 0 Å². The van der Waals surface area contributed by atoms with E-state index in [1.54, 1.807) is 0 Å². The van der Waals surface area contributed by atoms with Crippen molar-refractivity contribution in [2.45, 2.75) is 19.2 Å². The van der Waals surface area contributed by atoms with Crippen LogP contribution in [0.25, 0.3) is 0 Å². The van der Waals surface area contributed by atoms with Gasteiger partial charge in [0.15, 0.2) is 24.7 Å². The van der Waals surface area contributed by atoms with Gasteiger partial charge in [-0.1, -0.05) is 34.1 Å². The second kappa shape index (κ2) is 6.58. The van der Waals surface area contributed by atoms with Gasteiger partial charge < -0.3 is 9.67 Å². The second-order valence-corrected chi connectivity index (χ2v) is 7.21. The summed E-state index contributed by atoms with van der Waals surface area (Å²) in [5.41, 5.74) is 2.64. The van der Waals surface area contributed by atoms with E-state index >= 15 is 0 Å². The van der Waals surface area contributed by atoms with Crippen LogP contribution in [0, 0.1) is 5.92 Å². The summed E-state index contributed by atoms with van der Waals surface area (Å²) in [5, 5.41) is 10.7. The fourth-order valence-corrected chi connectivity index (χ4v) is 3.76. The Kier molecular flexibility index (Phi) is 4.27. The normalized spacial score (nSPS) is 17.5. The molecule has 25 heavy (non-hydrogen) atoms. The van der Waals surface area contributed by atoms with Crippen LogP contribution in [0.4, 0.5) is 0 Å². The maximum atomic E-state index is 12.4. The molecule has 0 saturated carbocycles. The van der Waals surface area contributed by atoms with Gasteiger partial charge >= 0.3 is 0 Å². The molecule has 0 bridgehead atoms. The number of benzene rings is 1. The van der Waals surface area contributed by atoms with E-state index in [2.05, 4.69) is 26.6 Å². The van der Waals surface area contributed by atoms with Crippen molar-refractivity contribution in [3.05, 3.63) is 88.4 Å². The molecule has 0 spiro atoms. The number of halogens is 1. The number of hydrogen-bond donors (Lipinski definition) is 1. The highest BCUT2D eigenvalue weighted by Crippen LogP contribution is 2.31. The highest BCUT2D eigenvalue weighted by atomic mass is 79.9. The molecule has 0 aliphatic carbocycles. The van der Waals surface area contributed by atoms with Crippen LogP contribution in [-0.4, -0.2) is 15.5 Å². The van der Waals surface area contributed by atoms with E-state index in [-0.39, 0.29) is 5.78 Å². The molecule has 0 fully saturated rings. The zero-order valence-corrected chi connectivity index (χ0v) is 15.1. The number of carbonyl (C=O) groups is 1. The Morgan fingerprint density at radius 1 is 1.16 bits per heavy atom. The van der Waals surface area contributed by atoms with Crippen LogP contribution in [0.15, 0.2) is 71.6 Å². The van der Waals surface area contributed by atoms with Crippen molar-refractivity contribution < 1.29 is 14.5 Å². The van der Waals surface area contributed by atoms with Gasteiger partial charge in [-0.25, -0.2) is 4.57 Å². The predicted octanol–water partition coefficient (Wildman–Crippen LogP) is 3.13. The van der Waals surface area contributed by atoms with Crippen LogP contribution in [0.1, 0.15) is 27.7 Å². The molecule has 4 rings (SSSR count). The smallest absolute Gasteiger partial charge is 0.187 e. The molecule has 3 aromatic rings. The van der Waals surface area contributed by atoms with Crippen molar-refractivity contribution in [2.24, 2.45) is 5.92 Å². The topological polar surface area (TPSA) is 46.1 Å². The standard InChI is InChI=1S/C20H18BrN2O2/c21-17-5-2-1-4-15(17)12-22-10-7-14(8-11-22)19(24)16-13-23-9-3-6-18(23)20(16)25/h1-11,16,19,24H,12-13H2/q+1/t16-,19+/m0/s1. The van der Waals surface area contributed by atoms with Gasteiger partial charge in [0, 0.05) is 34.9 Å². The molecule has 5 heteroatoms. The molecule has 0 radical (unpaired) electrons. The summed E-state index contributed by atoms with van der Waals surface area (Å²) in [5.74, 6) is -0.391. The first-order chi connectivity index (χ1) is 12.1. The monoisotopic (exact) mass is 397 g/mol. The largest absolute Gasteiger partial charge is 0.388 e. The summed E-state index contributed by atoms with van der Waals surface area (Å²) in [7, 11) is 0. The van der Waals surface area contributed by atoms with E-state index in [9.17, 15) is 9.90 Å². The third-order valence-electron chi connectivity index (χ3n) is 4.76. The fraction of sp³-hybridized carbons (Fsp3) is 0.200. The first-order valence-electron chi connectivity index (χ1n) is 8.23. The average molecular weight is 398 g/mol. The summed E-state index contributed by atoms with van der Waals surface area (Å²) < 4.78 is 5.04. The number of hydrogen-bond acceptors (Lipinski definition) is 2. The van der Waals surface area contributed by atoms with Crippen molar-refractivity contribution >= 4 is 21.7 Å². The maximum Gasteiger partial charge on any atom is 0.187 e. The van der Waals surface area contributed by atoms with Crippen molar-refractivity contribution in [2.75, 3.05) is 0 Å². The average Bonchev–Trinajstić information content (AvgIpc) is 3.20. The van der Waals surface area contributed by atoms with Crippen molar-refractivity contribution in [1.82, 2.24) is 4.57 Å². The highest BCUT2D eigenvalue weighted by molar-refractivity contribution is 9.10. The van der Waals surface area contributed by atoms with Crippen LogP contribution in [0.3, 0.4) is 0 Å². The molecule has 2 aromatic heterocycles. The Balaban J connectivity index is 1.50. The summed E-state index contributed by atoms with van der Waals surface area (Å²) >= 11 is 3.56. The summed E-state index contributed by atoms with van der Waals surface area (Å²) in [6, 6.07) is 15.6. The molecule has 2 atom stereocenters. The molecule has 1 aromatic carbocycles. The molecule has 4 nitrogen and oxygen atoms in total. The molecule has 0 unspecified atom stereocenters. The number of aliphatic hydroxyl groups excluding tert-OH is 1. The number of aliphatic hydroxyl groups is 1. The first kappa shape index (κ1) is 16.2. The Labute approximate surface area is 154 Å². The van der Waals surface area contributed by atoms with E-state index in [0.717, 1.165) is 16.6 Å². The summed E-state index contributed by atoms with van der Waals surface area (Å²) in [4.78, 5) is 12.4. The van der Waals surface area contributed by atoms with Crippen molar-refractivity contribution in [3.63, 3.8) is 0 Å². The number of aromatic nitrogens is 2. The van der Waals surface area contributed by atoms with Crippen LogP contribution in [0.2, 0.25) is 0 Å². The molecular weight excluding hydrogens is 380 g/mol. The Morgan fingerprint density at radius 3 is 2.64 bits per heavy atom. The van der Waals surface area contributed by atoms with Crippen LogP contribution in [-0.2, 0) is 13.1 Å². The van der Waals surface area contributed by atoms with Crippen LogP contribution < -0.4 is 4.57 Å². The number of nitrogens with zero attached hydrogens (tertiary/aromatic N) is 2. The lowest BCUT2D eigenvalue weighted by Gasteiger charge is -2.16. The van der Waals surface area contributed by atoms with Crippen LogP contribution in [0.5, 0.6) is 0 Å².